The van der Waals surface area contributed by atoms with Crippen LogP contribution in [0.15, 0.2) is 48.8 Å². The molecule has 2 aromatic heterocycles. The molecule has 4 nitrogen and oxygen atoms in total. The largest absolute Gasteiger partial charge is 0.338 e. The zero-order valence-corrected chi connectivity index (χ0v) is 14.2. The molecule has 1 aliphatic carbocycles. The molecular weight excluding hydrogens is 317 g/mol. The summed E-state index contributed by atoms with van der Waals surface area (Å²) in [6.45, 7) is 2.99. The zero-order valence-electron chi connectivity index (χ0n) is 14.2. The molecule has 1 saturated carbocycles. The first-order valence-electron chi connectivity index (χ1n) is 8.67. The highest BCUT2D eigenvalue weighted by Crippen LogP contribution is 2.32. The smallest absolute Gasteiger partial charge is 0.225 e. The van der Waals surface area contributed by atoms with E-state index in [9.17, 15) is 9.18 Å². The fraction of sp³-hybridized carbons (Fsp3) is 0.300. The van der Waals surface area contributed by atoms with Crippen LogP contribution in [0.25, 0.3) is 16.7 Å². The van der Waals surface area contributed by atoms with Gasteiger partial charge >= 0.3 is 0 Å². The first-order valence-corrected chi connectivity index (χ1v) is 8.67. The van der Waals surface area contributed by atoms with Gasteiger partial charge in [0.1, 0.15) is 11.5 Å². The number of hydrogen-bond donors (Lipinski definition) is 0. The van der Waals surface area contributed by atoms with E-state index >= 15 is 0 Å². The SMILES string of the molecule is CCN(Cc1cc(F)ccc1-n1ccc2cccnc21)C(=O)C1CC1. The molecular formula is C20H20FN3O. The average molecular weight is 337 g/mol. The summed E-state index contributed by atoms with van der Waals surface area (Å²) in [4.78, 5) is 18.7. The van der Waals surface area contributed by atoms with Gasteiger partial charge in [-0.2, -0.15) is 0 Å². The molecule has 0 atom stereocenters. The second-order valence-corrected chi connectivity index (χ2v) is 6.50. The van der Waals surface area contributed by atoms with Crippen molar-refractivity contribution in [3.63, 3.8) is 0 Å². The van der Waals surface area contributed by atoms with E-state index in [1.165, 1.54) is 12.1 Å². The van der Waals surface area contributed by atoms with Crippen LogP contribution in [-0.2, 0) is 11.3 Å². The minimum Gasteiger partial charge on any atom is -0.338 e. The quantitative estimate of drug-likeness (QED) is 0.708. The highest BCUT2D eigenvalue weighted by molar-refractivity contribution is 5.81. The number of amides is 1. The zero-order chi connectivity index (χ0) is 17.4. The minimum absolute atomic E-state index is 0.158. The lowest BCUT2D eigenvalue weighted by atomic mass is 10.1. The molecule has 1 amide bonds. The number of pyridine rings is 1. The van der Waals surface area contributed by atoms with Gasteiger partial charge in [-0.3, -0.25) is 4.79 Å². The van der Waals surface area contributed by atoms with E-state index in [2.05, 4.69) is 4.98 Å². The van der Waals surface area contributed by atoms with Gasteiger partial charge in [0.25, 0.3) is 0 Å². The van der Waals surface area contributed by atoms with E-state index in [4.69, 9.17) is 0 Å². The summed E-state index contributed by atoms with van der Waals surface area (Å²) >= 11 is 0. The third kappa shape index (κ3) is 3.02. The fourth-order valence-corrected chi connectivity index (χ4v) is 3.22. The van der Waals surface area contributed by atoms with E-state index < -0.39 is 0 Å². The molecule has 0 bridgehead atoms. The predicted octanol–water partition coefficient (Wildman–Crippen LogP) is 3.92. The van der Waals surface area contributed by atoms with Crippen molar-refractivity contribution in [2.24, 2.45) is 5.92 Å². The molecule has 0 unspecified atom stereocenters. The maximum absolute atomic E-state index is 13.9. The Hall–Kier alpha value is -2.69. The van der Waals surface area contributed by atoms with Crippen molar-refractivity contribution in [1.82, 2.24) is 14.5 Å². The number of carbonyl (C=O) groups excluding carboxylic acids is 1. The van der Waals surface area contributed by atoms with E-state index in [0.717, 1.165) is 35.1 Å². The first kappa shape index (κ1) is 15.8. The van der Waals surface area contributed by atoms with Crippen molar-refractivity contribution in [3.05, 3.63) is 60.2 Å². The summed E-state index contributed by atoms with van der Waals surface area (Å²) < 4.78 is 15.9. The van der Waals surface area contributed by atoms with Crippen LogP contribution in [0.4, 0.5) is 4.39 Å². The normalized spacial score (nSPS) is 14.0. The van der Waals surface area contributed by atoms with Crippen LogP contribution < -0.4 is 0 Å². The Bertz CT molecular complexity index is 930. The average Bonchev–Trinajstić information content (AvgIpc) is 3.39. The lowest BCUT2D eigenvalue weighted by molar-refractivity contribution is -0.132. The number of halogens is 1. The molecule has 0 radical (unpaired) electrons. The molecule has 2 heterocycles. The lowest BCUT2D eigenvalue weighted by Gasteiger charge is -2.23. The van der Waals surface area contributed by atoms with Gasteiger partial charge in [-0.25, -0.2) is 9.37 Å². The molecule has 0 spiro atoms. The van der Waals surface area contributed by atoms with Crippen LogP contribution in [0.2, 0.25) is 0 Å². The van der Waals surface area contributed by atoms with Gasteiger partial charge in [0.15, 0.2) is 0 Å². The summed E-state index contributed by atoms with van der Waals surface area (Å²) in [6, 6.07) is 10.6. The Morgan fingerprint density at radius 2 is 2.16 bits per heavy atom. The third-order valence-electron chi connectivity index (χ3n) is 4.73. The Morgan fingerprint density at radius 3 is 2.92 bits per heavy atom. The summed E-state index contributed by atoms with van der Waals surface area (Å²) in [5, 5.41) is 1.03. The molecule has 1 fully saturated rings. The van der Waals surface area contributed by atoms with E-state index in [1.807, 2.05) is 40.8 Å². The van der Waals surface area contributed by atoms with Crippen LogP contribution in [0, 0.1) is 11.7 Å². The standard InChI is InChI=1S/C20H20FN3O/c1-2-23(20(25)15-5-6-15)13-16-12-17(21)7-8-18(16)24-11-9-14-4-3-10-22-19(14)24/h3-4,7-12,15H,2,5-6,13H2,1H3. The van der Waals surface area contributed by atoms with Crippen LogP contribution in [0.5, 0.6) is 0 Å². The second-order valence-electron chi connectivity index (χ2n) is 6.50. The molecule has 1 aromatic carbocycles. The highest BCUT2D eigenvalue weighted by atomic mass is 19.1. The number of nitrogens with zero attached hydrogens (tertiary/aromatic N) is 3. The van der Waals surface area contributed by atoms with E-state index in [-0.39, 0.29) is 17.6 Å². The summed E-state index contributed by atoms with van der Waals surface area (Å²) in [5.41, 5.74) is 2.48. The van der Waals surface area contributed by atoms with Crippen molar-refractivity contribution >= 4 is 16.9 Å². The second kappa shape index (κ2) is 6.31. The number of rotatable bonds is 5. The van der Waals surface area contributed by atoms with Gasteiger partial charge in [0, 0.05) is 36.8 Å². The maximum atomic E-state index is 13.9. The summed E-state index contributed by atoms with van der Waals surface area (Å²) in [7, 11) is 0. The van der Waals surface area contributed by atoms with Crippen molar-refractivity contribution in [2.45, 2.75) is 26.3 Å². The lowest BCUT2D eigenvalue weighted by Crippen LogP contribution is -2.31. The first-order chi connectivity index (χ1) is 12.2. The number of hydrogen-bond acceptors (Lipinski definition) is 2. The number of fused-ring (bicyclic) bond motifs is 1. The van der Waals surface area contributed by atoms with Crippen molar-refractivity contribution < 1.29 is 9.18 Å². The minimum atomic E-state index is -0.293. The van der Waals surface area contributed by atoms with Gasteiger partial charge in [-0.15, -0.1) is 0 Å². The molecule has 1 aliphatic rings. The van der Waals surface area contributed by atoms with Gasteiger partial charge in [0.05, 0.1) is 5.69 Å². The molecule has 0 aliphatic heterocycles. The molecule has 128 valence electrons. The van der Waals surface area contributed by atoms with Gasteiger partial charge < -0.3 is 9.47 Å². The molecule has 3 aromatic rings. The molecule has 0 saturated heterocycles. The Kier molecular flexibility index (Phi) is 3.99. The van der Waals surface area contributed by atoms with Gasteiger partial charge in [-0.05, 0) is 61.7 Å². The van der Waals surface area contributed by atoms with Crippen molar-refractivity contribution in [3.8, 4) is 5.69 Å². The fourth-order valence-electron chi connectivity index (χ4n) is 3.22. The predicted molar refractivity (Wildman–Crippen MR) is 94.8 cm³/mol. The van der Waals surface area contributed by atoms with Crippen LogP contribution in [0.3, 0.4) is 0 Å². The topological polar surface area (TPSA) is 38.1 Å². The van der Waals surface area contributed by atoms with Crippen LogP contribution in [-0.4, -0.2) is 26.9 Å². The van der Waals surface area contributed by atoms with Gasteiger partial charge in [0.2, 0.25) is 5.91 Å². The maximum Gasteiger partial charge on any atom is 0.225 e. The van der Waals surface area contributed by atoms with E-state index in [1.54, 1.807) is 12.3 Å². The highest BCUT2D eigenvalue weighted by Gasteiger charge is 2.33. The van der Waals surface area contributed by atoms with Gasteiger partial charge in [-0.1, -0.05) is 0 Å². The van der Waals surface area contributed by atoms with E-state index in [0.29, 0.717) is 13.1 Å². The molecule has 5 heteroatoms. The third-order valence-corrected chi connectivity index (χ3v) is 4.73. The molecule has 4 rings (SSSR count). The Balaban J connectivity index is 1.75. The number of aromatic nitrogens is 2. The Morgan fingerprint density at radius 1 is 1.32 bits per heavy atom. The summed E-state index contributed by atoms with van der Waals surface area (Å²) in [6.07, 6.45) is 5.62. The Labute approximate surface area is 145 Å². The summed E-state index contributed by atoms with van der Waals surface area (Å²) in [5.74, 6) is 0.0392. The number of benzene rings is 1. The van der Waals surface area contributed by atoms with Crippen molar-refractivity contribution in [2.75, 3.05) is 6.54 Å². The van der Waals surface area contributed by atoms with Crippen LogP contribution in [0.1, 0.15) is 25.3 Å². The monoisotopic (exact) mass is 337 g/mol. The van der Waals surface area contributed by atoms with Crippen LogP contribution >= 0.6 is 0 Å². The molecule has 0 N–H and O–H groups in total. The number of carbonyl (C=O) groups is 1. The van der Waals surface area contributed by atoms with Crippen molar-refractivity contribution in [1.29, 1.82) is 0 Å². The molecule has 25 heavy (non-hydrogen) atoms.